The first kappa shape index (κ1) is 19.8. The normalized spacial score (nSPS) is 12.8. The van der Waals surface area contributed by atoms with Crippen molar-refractivity contribution in [2.45, 2.75) is 26.7 Å². The highest BCUT2D eigenvalue weighted by Crippen LogP contribution is 2.09. The Morgan fingerprint density at radius 3 is 2.15 bits per heavy atom. The SMILES string of the molecule is CC[N+](CC)(CCCCS(=O)(=O)[O-])CCOCCOC. The smallest absolute Gasteiger partial charge is 0.102 e. The maximum absolute atomic E-state index is 10.6. The molecule has 6 nitrogen and oxygen atoms in total. The average Bonchev–Trinajstić information content (AvgIpc) is 2.40. The van der Waals surface area contributed by atoms with E-state index in [2.05, 4.69) is 13.8 Å². The number of quaternary nitrogens is 1. The van der Waals surface area contributed by atoms with Crippen LogP contribution in [0, 0.1) is 0 Å². The molecule has 0 unspecified atom stereocenters. The summed E-state index contributed by atoms with van der Waals surface area (Å²) in [6, 6.07) is 0. The largest absolute Gasteiger partial charge is 0.748 e. The quantitative estimate of drug-likeness (QED) is 0.286. The van der Waals surface area contributed by atoms with Crippen molar-refractivity contribution in [3.63, 3.8) is 0 Å². The van der Waals surface area contributed by atoms with Crippen molar-refractivity contribution >= 4 is 10.1 Å². The second kappa shape index (κ2) is 10.5. The van der Waals surface area contributed by atoms with Crippen LogP contribution in [0.15, 0.2) is 0 Å². The lowest BCUT2D eigenvalue weighted by Crippen LogP contribution is -2.50. The molecule has 0 amide bonds. The average molecular weight is 311 g/mol. The Hall–Kier alpha value is -0.210. The van der Waals surface area contributed by atoms with Crippen LogP contribution in [0.25, 0.3) is 0 Å². The molecule has 7 heteroatoms. The molecule has 0 aliphatic heterocycles. The van der Waals surface area contributed by atoms with Crippen molar-refractivity contribution in [2.24, 2.45) is 0 Å². The molecule has 0 rings (SSSR count). The van der Waals surface area contributed by atoms with E-state index in [9.17, 15) is 13.0 Å². The van der Waals surface area contributed by atoms with Gasteiger partial charge in [0.15, 0.2) is 0 Å². The molecular weight excluding hydrogens is 282 g/mol. The molecule has 0 saturated heterocycles. The van der Waals surface area contributed by atoms with E-state index in [1.807, 2.05) is 0 Å². The summed E-state index contributed by atoms with van der Waals surface area (Å²) in [5.41, 5.74) is 0. The van der Waals surface area contributed by atoms with Gasteiger partial charge in [0.2, 0.25) is 0 Å². The van der Waals surface area contributed by atoms with Crippen molar-refractivity contribution in [3.8, 4) is 0 Å². The summed E-state index contributed by atoms with van der Waals surface area (Å²) in [4.78, 5) is 0. The topological polar surface area (TPSA) is 75.7 Å². The number of methoxy groups -OCH3 is 1. The summed E-state index contributed by atoms with van der Waals surface area (Å²) in [5.74, 6) is -0.259. The number of hydrogen-bond donors (Lipinski definition) is 0. The zero-order valence-electron chi connectivity index (χ0n) is 13.0. The van der Waals surface area contributed by atoms with E-state index in [-0.39, 0.29) is 5.75 Å². The Bertz CT molecular complexity index is 328. The van der Waals surface area contributed by atoms with Crippen LogP contribution >= 0.6 is 0 Å². The lowest BCUT2D eigenvalue weighted by molar-refractivity contribution is -0.925. The van der Waals surface area contributed by atoms with E-state index in [1.165, 1.54) is 0 Å². The highest BCUT2D eigenvalue weighted by molar-refractivity contribution is 7.85. The maximum atomic E-state index is 10.6. The Kier molecular flexibility index (Phi) is 10.4. The van der Waals surface area contributed by atoms with Crippen LogP contribution in [0.1, 0.15) is 26.7 Å². The first-order valence-electron chi connectivity index (χ1n) is 7.24. The van der Waals surface area contributed by atoms with Gasteiger partial charge in [0.05, 0.1) is 49.6 Å². The van der Waals surface area contributed by atoms with Gasteiger partial charge < -0.3 is 18.5 Å². The maximum Gasteiger partial charge on any atom is 0.102 e. The Morgan fingerprint density at radius 1 is 1.00 bits per heavy atom. The van der Waals surface area contributed by atoms with Crippen molar-refractivity contribution < 1.29 is 26.9 Å². The molecule has 0 spiro atoms. The van der Waals surface area contributed by atoms with Gasteiger partial charge in [0.1, 0.15) is 6.54 Å². The minimum atomic E-state index is -4.08. The highest BCUT2D eigenvalue weighted by atomic mass is 32.2. The molecule has 0 bridgehead atoms. The van der Waals surface area contributed by atoms with E-state index >= 15 is 0 Å². The van der Waals surface area contributed by atoms with Gasteiger partial charge in [-0.2, -0.15) is 0 Å². The number of unbranched alkanes of at least 4 members (excludes halogenated alkanes) is 1. The predicted octanol–water partition coefficient (Wildman–Crippen LogP) is 0.831. The van der Waals surface area contributed by atoms with Gasteiger partial charge in [0, 0.05) is 12.9 Å². The van der Waals surface area contributed by atoms with Gasteiger partial charge >= 0.3 is 0 Å². The van der Waals surface area contributed by atoms with Crippen LogP contribution in [0.4, 0.5) is 0 Å². The molecular formula is C13H29NO5S. The minimum absolute atomic E-state index is 0.259. The number of nitrogens with zero attached hydrogens (tertiary/aromatic N) is 1. The number of hydrogen-bond acceptors (Lipinski definition) is 5. The number of rotatable bonds is 13. The molecule has 0 aromatic heterocycles. The van der Waals surface area contributed by atoms with E-state index in [4.69, 9.17) is 9.47 Å². The van der Waals surface area contributed by atoms with Crippen LogP contribution in [0.5, 0.6) is 0 Å². The minimum Gasteiger partial charge on any atom is -0.748 e. The lowest BCUT2D eigenvalue weighted by Gasteiger charge is -2.37. The van der Waals surface area contributed by atoms with Crippen molar-refractivity contribution in [3.05, 3.63) is 0 Å². The Labute approximate surface area is 123 Å². The molecule has 0 fully saturated rings. The fourth-order valence-corrected chi connectivity index (χ4v) is 2.75. The summed E-state index contributed by atoms with van der Waals surface area (Å²) in [6.07, 6.45) is 1.19. The molecule has 0 saturated carbocycles. The van der Waals surface area contributed by atoms with Gasteiger partial charge in [-0.1, -0.05) is 0 Å². The van der Waals surface area contributed by atoms with Gasteiger partial charge in [-0.15, -0.1) is 0 Å². The van der Waals surface area contributed by atoms with E-state index in [1.54, 1.807) is 7.11 Å². The van der Waals surface area contributed by atoms with Gasteiger partial charge in [-0.3, -0.25) is 0 Å². The summed E-state index contributed by atoms with van der Waals surface area (Å²) in [6.45, 7) is 9.87. The van der Waals surface area contributed by atoms with Crippen LogP contribution < -0.4 is 0 Å². The number of ether oxygens (including phenoxy) is 2. The molecule has 0 atom stereocenters. The molecule has 0 aromatic rings. The molecule has 0 aliphatic carbocycles. The Morgan fingerprint density at radius 2 is 1.65 bits per heavy atom. The predicted molar refractivity (Wildman–Crippen MR) is 77.6 cm³/mol. The molecule has 122 valence electrons. The summed E-state index contributed by atoms with van der Waals surface area (Å²) in [7, 11) is -2.43. The zero-order valence-corrected chi connectivity index (χ0v) is 13.8. The number of likely N-dealkylation sites (N-methyl/N-ethyl adjacent to an activating group) is 1. The molecule has 0 heterocycles. The summed E-state index contributed by atoms with van der Waals surface area (Å²) < 4.78 is 43.0. The van der Waals surface area contributed by atoms with Gasteiger partial charge in [-0.05, 0) is 26.7 Å². The highest BCUT2D eigenvalue weighted by Gasteiger charge is 2.22. The fourth-order valence-electron chi connectivity index (χ4n) is 2.20. The van der Waals surface area contributed by atoms with E-state index in [0.29, 0.717) is 26.2 Å². The van der Waals surface area contributed by atoms with E-state index < -0.39 is 10.1 Å². The zero-order chi connectivity index (χ0) is 15.5. The third-order valence-corrected chi connectivity index (χ3v) is 4.55. The molecule has 0 N–H and O–H groups in total. The Balaban J connectivity index is 4.04. The van der Waals surface area contributed by atoms with E-state index in [0.717, 1.165) is 37.1 Å². The third-order valence-electron chi connectivity index (χ3n) is 3.76. The molecule has 20 heavy (non-hydrogen) atoms. The standard InChI is InChI=1S/C13H29NO5S/c1-4-14(5-2,9-10-19-12-11-18-3)8-6-7-13-20(15,16)17/h4-13H2,1-3H3. The van der Waals surface area contributed by atoms with Crippen LogP contribution in [0.3, 0.4) is 0 Å². The molecule has 0 radical (unpaired) electrons. The second-order valence-electron chi connectivity index (χ2n) is 5.00. The van der Waals surface area contributed by atoms with Crippen molar-refractivity contribution in [2.75, 3.05) is 58.9 Å². The summed E-state index contributed by atoms with van der Waals surface area (Å²) >= 11 is 0. The van der Waals surface area contributed by atoms with Gasteiger partial charge in [-0.25, -0.2) is 8.42 Å². The van der Waals surface area contributed by atoms with Crippen LogP contribution in [-0.2, 0) is 19.6 Å². The summed E-state index contributed by atoms with van der Waals surface area (Å²) in [5, 5.41) is 0. The van der Waals surface area contributed by atoms with Crippen molar-refractivity contribution in [1.82, 2.24) is 0 Å². The third kappa shape index (κ3) is 9.66. The molecule has 0 aromatic carbocycles. The van der Waals surface area contributed by atoms with Gasteiger partial charge in [0.25, 0.3) is 0 Å². The van der Waals surface area contributed by atoms with Crippen molar-refractivity contribution in [1.29, 1.82) is 0 Å². The second-order valence-corrected chi connectivity index (χ2v) is 6.52. The first-order chi connectivity index (χ1) is 9.39. The fraction of sp³-hybridized carbons (Fsp3) is 1.00. The molecule has 0 aliphatic rings. The lowest BCUT2D eigenvalue weighted by atomic mass is 10.2. The van der Waals surface area contributed by atoms with Crippen LogP contribution in [0.2, 0.25) is 0 Å². The monoisotopic (exact) mass is 311 g/mol. The first-order valence-corrected chi connectivity index (χ1v) is 8.82. The van der Waals surface area contributed by atoms with Crippen LogP contribution in [-0.4, -0.2) is 76.3 Å².